The SMILES string of the molecule is CCCCCCOc1ccc(OC(=O)C2CCC(CCCC)CC2)cc1. The van der Waals surface area contributed by atoms with Gasteiger partial charge in [-0.15, -0.1) is 0 Å². The van der Waals surface area contributed by atoms with Crippen LogP contribution in [0.25, 0.3) is 0 Å². The Morgan fingerprint density at radius 1 is 0.885 bits per heavy atom. The molecular formula is C23H36O3. The van der Waals surface area contributed by atoms with Crippen LogP contribution in [0.15, 0.2) is 24.3 Å². The van der Waals surface area contributed by atoms with E-state index in [1.165, 1.54) is 51.4 Å². The molecule has 1 aliphatic rings. The molecule has 0 aliphatic heterocycles. The Morgan fingerprint density at radius 2 is 1.54 bits per heavy atom. The van der Waals surface area contributed by atoms with Crippen molar-refractivity contribution in [2.24, 2.45) is 11.8 Å². The average molecular weight is 361 g/mol. The van der Waals surface area contributed by atoms with Crippen molar-refractivity contribution in [2.45, 2.75) is 84.5 Å². The maximum atomic E-state index is 12.4. The third-order valence-electron chi connectivity index (χ3n) is 5.45. The maximum Gasteiger partial charge on any atom is 0.314 e. The number of unbranched alkanes of at least 4 members (excludes halogenated alkanes) is 4. The fourth-order valence-electron chi connectivity index (χ4n) is 3.70. The molecule has 0 heterocycles. The minimum absolute atomic E-state index is 0.0628. The summed E-state index contributed by atoms with van der Waals surface area (Å²) in [6, 6.07) is 7.46. The van der Waals surface area contributed by atoms with Gasteiger partial charge >= 0.3 is 5.97 Å². The van der Waals surface area contributed by atoms with Gasteiger partial charge in [-0.3, -0.25) is 4.79 Å². The van der Waals surface area contributed by atoms with Gasteiger partial charge in [-0.25, -0.2) is 0 Å². The van der Waals surface area contributed by atoms with Gasteiger partial charge in [-0.1, -0.05) is 52.4 Å². The Morgan fingerprint density at radius 3 is 2.19 bits per heavy atom. The van der Waals surface area contributed by atoms with E-state index in [-0.39, 0.29) is 11.9 Å². The van der Waals surface area contributed by atoms with Crippen LogP contribution in [-0.4, -0.2) is 12.6 Å². The lowest BCUT2D eigenvalue weighted by molar-refractivity contribution is -0.140. The van der Waals surface area contributed by atoms with Gasteiger partial charge in [0.25, 0.3) is 0 Å². The van der Waals surface area contributed by atoms with Crippen molar-refractivity contribution in [2.75, 3.05) is 6.61 Å². The number of esters is 1. The van der Waals surface area contributed by atoms with E-state index in [4.69, 9.17) is 9.47 Å². The molecule has 3 nitrogen and oxygen atoms in total. The van der Waals surface area contributed by atoms with Gasteiger partial charge in [0.1, 0.15) is 11.5 Å². The van der Waals surface area contributed by atoms with Crippen LogP contribution in [0.1, 0.15) is 84.5 Å². The van der Waals surface area contributed by atoms with E-state index in [2.05, 4.69) is 13.8 Å². The summed E-state index contributed by atoms with van der Waals surface area (Å²) in [6.45, 7) is 5.20. The smallest absolute Gasteiger partial charge is 0.314 e. The number of carbonyl (C=O) groups is 1. The Balaban J connectivity index is 1.69. The molecule has 1 aromatic carbocycles. The number of carbonyl (C=O) groups excluding carboxylic acids is 1. The van der Waals surface area contributed by atoms with Crippen LogP contribution >= 0.6 is 0 Å². The second kappa shape index (κ2) is 12.0. The van der Waals surface area contributed by atoms with Crippen molar-refractivity contribution >= 4 is 5.97 Å². The van der Waals surface area contributed by atoms with E-state index in [1.54, 1.807) is 0 Å². The van der Waals surface area contributed by atoms with Gasteiger partial charge in [0.05, 0.1) is 12.5 Å². The maximum absolute atomic E-state index is 12.4. The molecule has 3 heteroatoms. The molecular weight excluding hydrogens is 324 g/mol. The first-order valence-corrected chi connectivity index (χ1v) is 10.7. The monoisotopic (exact) mass is 360 g/mol. The van der Waals surface area contributed by atoms with Crippen LogP contribution in [0.4, 0.5) is 0 Å². The van der Waals surface area contributed by atoms with Crippen LogP contribution < -0.4 is 9.47 Å². The van der Waals surface area contributed by atoms with Crippen LogP contribution in [-0.2, 0) is 4.79 Å². The molecule has 1 aromatic rings. The number of hydrogen-bond donors (Lipinski definition) is 0. The van der Waals surface area contributed by atoms with Crippen molar-refractivity contribution in [3.05, 3.63) is 24.3 Å². The molecule has 2 rings (SSSR count). The highest BCUT2D eigenvalue weighted by atomic mass is 16.5. The van der Waals surface area contributed by atoms with E-state index in [0.717, 1.165) is 37.5 Å². The van der Waals surface area contributed by atoms with Crippen LogP contribution in [0.5, 0.6) is 11.5 Å². The Labute approximate surface area is 159 Å². The third kappa shape index (κ3) is 7.39. The first kappa shape index (κ1) is 20.8. The van der Waals surface area contributed by atoms with E-state index in [9.17, 15) is 4.79 Å². The molecule has 0 radical (unpaired) electrons. The highest BCUT2D eigenvalue weighted by Gasteiger charge is 2.27. The van der Waals surface area contributed by atoms with Crippen molar-refractivity contribution in [3.8, 4) is 11.5 Å². The number of benzene rings is 1. The summed E-state index contributed by atoms with van der Waals surface area (Å²) in [6.07, 6.45) is 13.0. The summed E-state index contributed by atoms with van der Waals surface area (Å²) in [5.41, 5.74) is 0. The predicted molar refractivity (Wildman–Crippen MR) is 107 cm³/mol. The van der Waals surface area contributed by atoms with E-state index in [0.29, 0.717) is 5.75 Å². The molecule has 1 saturated carbocycles. The molecule has 0 atom stereocenters. The molecule has 0 saturated heterocycles. The van der Waals surface area contributed by atoms with Crippen molar-refractivity contribution in [3.63, 3.8) is 0 Å². The molecule has 0 bridgehead atoms. The zero-order valence-electron chi connectivity index (χ0n) is 16.7. The molecule has 0 N–H and O–H groups in total. The largest absolute Gasteiger partial charge is 0.494 e. The highest BCUT2D eigenvalue weighted by Crippen LogP contribution is 2.33. The topological polar surface area (TPSA) is 35.5 Å². The minimum atomic E-state index is -0.0628. The van der Waals surface area contributed by atoms with Gasteiger partial charge in [-0.05, 0) is 62.3 Å². The number of hydrogen-bond acceptors (Lipinski definition) is 3. The van der Waals surface area contributed by atoms with E-state index < -0.39 is 0 Å². The second-order valence-corrected chi connectivity index (χ2v) is 7.66. The Kier molecular flexibility index (Phi) is 9.58. The predicted octanol–water partition coefficient (Wildman–Crippen LogP) is 6.55. The van der Waals surface area contributed by atoms with E-state index in [1.807, 2.05) is 24.3 Å². The molecule has 1 fully saturated rings. The Bertz CT molecular complexity index is 501. The van der Waals surface area contributed by atoms with Gasteiger partial charge in [-0.2, -0.15) is 0 Å². The summed E-state index contributed by atoms with van der Waals surface area (Å²) in [5, 5.41) is 0. The van der Waals surface area contributed by atoms with Crippen LogP contribution in [0, 0.1) is 11.8 Å². The van der Waals surface area contributed by atoms with Crippen molar-refractivity contribution in [1.29, 1.82) is 0 Å². The standard InChI is InChI=1S/C23H36O3/c1-3-5-7-8-18-25-21-14-16-22(17-15-21)26-23(24)20-12-10-19(11-13-20)9-6-4-2/h14-17,19-20H,3-13,18H2,1-2H3. The summed E-state index contributed by atoms with van der Waals surface area (Å²) in [5.74, 6) is 2.29. The highest BCUT2D eigenvalue weighted by molar-refractivity contribution is 5.75. The summed E-state index contributed by atoms with van der Waals surface area (Å²) >= 11 is 0. The zero-order chi connectivity index (χ0) is 18.6. The molecule has 146 valence electrons. The van der Waals surface area contributed by atoms with Gasteiger partial charge in [0, 0.05) is 0 Å². The van der Waals surface area contributed by atoms with Gasteiger partial charge in [0.2, 0.25) is 0 Å². The lowest BCUT2D eigenvalue weighted by Gasteiger charge is -2.27. The van der Waals surface area contributed by atoms with Crippen LogP contribution in [0.2, 0.25) is 0 Å². The minimum Gasteiger partial charge on any atom is -0.494 e. The molecule has 0 aromatic heterocycles. The summed E-state index contributed by atoms with van der Waals surface area (Å²) < 4.78 is 11.3. The fraction of sp³-hybridized carbons (Fsp3) is 0.696. The van der Waals surface area contributed by atoms with E-state index >= 15 is 0 Å². The molecule has 26 heavy (non-hydrogen) atoms. The van der Waals surface area contributed by atoms with Gasteiger partial charge < -0.3 is 9.47 Å². The third-order valence-corrected chi connectivity index (χ3v) is 5.45. The average Bonchev–Trinajstić information content (AvgIpc) is 2.68. The molecule has 1 aliphatic carbocycles. The van der Waals surface area contributed by atoms with Crippen molar-refractivity contribution < 1.29 is 14.3 Å². The number of rotatable bonds is 11. The summed E-state index contributed by atoms with van der Waals surface area (Å²) in [4.78, 5) is 12.4. The second-order valence-electron chi connectivity index (χ2n) is 7.66. The quantitative estimate of drug-likeness (QED) is 0.255. The first-order chi connectivity index (χ1) is 12.7. The van der Waals surface area contributed by atoms with Gasteiger partial charge in [0.15, 0.2) is 0 Å². The lowest BCUT2D eigenvalue weighted by atomic mass is 9.80. The lowest BCUT2D eigenvalue weighted by Crippen LogP contribution is -2.25. The summed E-state index contributed by atoms with van der Waals surface area (Å²) in [7, 11) is 0. The normalized spacial score (nSPS) is 19.9. The number of ether oxygens (including phenoxy) is 2. The van der Waals surface area contributed by atoms with Crippen LogP contribution in [0.3, 0.4) is 0 Å². The molecule has 0 unspecified atom stereocenters. The Hall–Kier alpha value is -1.51. The fourth-order valence-corrected chi connectivity index (χ4v) is 3.70. The first-order valence-electron chi connectivity index (χ1n) is 10.7. The molecule has 0 amide bonds. The van der Waals surface area contributed by atoms with Crippen molar-refractivity contribution in [1.82, 2.24) is 0 Å². The molecule has 0 spiro atoms. The zero-order valence-corrected chi connectivity index (χ0v) is 16.7.